The summed E-state index contributed by atoms with van der Waals surface area (Å²) in [6.45, 7) is 5.88. The molecule has 0 fully saturated rings. The van der Waals surface area contributed by atoms with Crippen LogP contribution in [0.1, 0.15) is 6.42 Å². The van der Waals surface area contributed by atoms with E-state index in [2.05, 4.69) is 6.58 Å². The zero-order valence-electron chi connectivity index (χ0n) is 8.20. The van der Waals surface area contributed by atoms with Gasteiger partial charge in [0.1, 0.15) is 12.4 Å². The van der Waals surface area contributed by atoms with E-state index in [9.17, 15) is 0 Å². The molecule has 0 aliphatic carbocycles. The molecule has 0 unspecified atom stereocenters. The molecular weight excluding hydrogens is 170 g/mol. The highest BCUT2D eigenvalue weighted by Crippen LogP contribution is 1.90. The molecule has 0 rings (SSSR count). The quantitative estimate of drug-likeness (QED) is 0.428. The van der Waals surface area contributed by atoms with E-state index in [1.807, 2.05) is 11.9 Å². The minimum absolute atomic E-state index is 0.0590. The molecule has 0 amide bonds. The van der Waals surface area contributed by atoms with Crippen LogP contribution < -0.4 is 0 Å². The molecule has 0 saturated heterocycles. The van der Waals surface area contributed by atoms with Gasteiger partial charge in [-0.05, 0) is 13.5 Å². The number of nitrogens with zero attached hydrogens (tertiary/aromatic N) is 1. The lowest BCUT2D eigenvalue weighted by Crippen LogP contribution is -2.24. The van der Waals surface area contributed by atoms with Crippen molar-refractivity contribution in [3.63, 3.8) is 0 Å². The van der Waals surface area contributed by atoms with Gasteiger partial charge in [0.2, 0.25) is 0 Å². The van der Waals surface area contributed by atoms with Crippen LogP contribution >= 0.6 is 0 Å². The lowest BCUT2D eigenvalue weighted by atomic mass is 10.4. The molecule has 0 aromatic heterocycles. The highest BCUT2D eigenvalue weighted by molar-refractivity contribution is 4.77. The topological polar surface area (TPSA) is 52.9 Å². The molecule has 0 atom stereocenters. The molecule has 0 aromatic rings. The number of ether oxygens (including phenoxy) is 1. The Labute approximate surface area is 79.4 Å². The van der Waals surface area contributed by atoms with Crippen LogP contribution in [-0.2, 0) is 4.74 Å². The van der Waals surface area contributed by atoms with Gasteiger partial charge >= 0.3 is 0 Å². The maximum atomic E-state index is 8.68. The van der Waals surface area contributed by atoms with Crippen LogP contribution in [0.25, 0.3) is 0 Å². The first-order chi connectivity index (χ1) is 6.16. The van der Waals surface area contributed by atoms with Gasteiger partial charge in [-0.15, -0.1) is 0 Å². The second-order valence-corrected chi connectivity index (χ2v) is 3.00. The molecule has 0 saturated carbocycles. The summed E-state index contributed by atoms with van der Waals surface area (Å²) >= 11 is 0. The SMILES string of the molecule is C=C(O)COCCCN(C)CCO. The number of likely N-dealkylation sites (N-methyl/N-ethyl adjacent to an activating group) is 1. The Kier molecular flexibility index (Phi) is 7.68. The summed E-state index contributed by atoms with van der Waals surface area (Å²) in [6.07, 6.45) is 0.893. The van der Waals surface area contributed by atoms with Crippen molar-refractivity contribution in [3.05, 3.63) is 12.3 Å². The van der Waals surface area contributed by atoms with Gasteiger partial charge in [-0.1, -0.05) is 6.58 Å². The number of aliphatic hydroxyl groups excluding tert-OH is 2. The number of hydrogen-bond acceptors (Lipinski definition) is 4. The molecule has 0 bridgehead atoms. The van der Waals surface area contributed by atoms with E-state index in [0.717, 1.165) is 13.0 Å². The van der Waals surface area contributed by atoms with Gasteiger partial charge in [0.15, 0.2) is 0 Å². The monoisotopic (exact) mass is 189 g/mol. The maximum absolute atomic E-state index is 8.68. The highest BCUT2D eigenvalue weighted by atomic mass is 16.5. The van der Waals surface area contributed by atoms with Gasteiger partial charge in [-0.2, -0.15) is 0 Å². The number of rotatable bonds is 8. The molecule has 0 aliphatic rings. The average molecular weight is 189 g/mol. The van der Waals surface area contributed by atoms with Gasteiger partial charge < -0.3 is 19.8 Å². The zero-order valence-corrected chi connectivity index (χ0v) is 8.20. The first-order valence-corrected chi connectivity index (χ1v) is 4.40. The van der Waals surface area contributed by atoms with Crippen molar-refractivity contribution in [2.75, 3.05) is 40.0 Å². The van der Waals surface area contributed by atoms with Crippen LogP contribution in [0.5, 0.6) is 0 Å². The molecular formula is C9H19NO3. The van der Waals surface area contributed by atoms with Crippen molar-refractivity contribution in [1.29, 1.82) is 0 Å². The van der Waals surface area contributed by atoms with Crippen LogP contribution in [0, 0.1) is 0 Å². The minimum atomic E-state index is 0.0590. The van der Waals surface area contributed by atoms with E-state index in [0.29, 0.717) is 13.2 Å². The van der Waals surface area contributed by atoms with E-state index in [1.165, 1.54) is 0 Å². The van der Waals surface area contributed by atoms with Gasteiger partial charge in [0.05, 0.1) is 6.61 Å². The van der Waals surface area contributed by atoms with Crippen LogP contribution in [0.3, 0.4) is 0 Å². The van der Waals surface area contributed by atoms with Gasteiger partial charge in [0, 0.05) is 19.7 Å². The molecule has 0 aliphatic heterocycles. The maximum Gasteiger partial charge on any atom is 0.111 e. The fraction of sp³-hybridized carbons (Fsp3) is 0.778. The Morgan fingerprint density at radius 1 is 1.46 bits per heavy atom. The summed E-state index contributed by atoms with van der Waals surface area (Å²) in [5.41, 5.74) is 0. The van der Waals surface area contributed by atoms with E-state index >= 15 is 0 Å². The average Bonchev–Trinajstić information content (AvgIpc) is 2.03. The number of hydrogen-bond donors (Lipinski definition) is 2. The van der Waals surface area contributed by atoms with Crippen LogP contribution in [-0.4, -0.2) is 55.1 Å². The Bertz CT molecular complexity index is 139. The third kappa shape index (κ3) is 9.33. The Balaban J connectivity index is 3.11. The first-order valence-electron chi connectivity index (χ1n) is 4.40. The normalized spacial score (nSPS) is 10.7. The molecule has 0 aromatic carbocycles. The third-order valence-electron chi connectivity index (χ3n) is 1.58. The summed E-state index contributed by atoms with van der Waals surface area (Å²) in [5.74, 6) is 0.0590. The van der Waals surface area contributed by atoms with Crippen LogP contribution in [0.4, 0.5) is 0 Å². The lowest BCUT2D eigenvalue weighted by molar-refractivity contribution is 0.116. The summed E-state index contributed by atoms with van der Waals surface area (Å²) in [4.78, 5) is 2.02. The minimum Gasteiger partial charge on any atom is -0.510 e. The largest absolute Gasteiger partial charge is 0.510 e. The third-order valence-corrected chi connectivity index (χ3v) is 1.58. The summed E-state index contributed by atoms with van der Waals surface area (Å²) in [6, 6.07) is 0. The molecule has 4 heteroatoms. The molecule has 78 valence electrons. The standard InChI is InChI=1S/C9H19NO3/c1-9(12)8-13-7-3-4-10(2)5-6-11/h11-12H,1,3-8H2,2H3. The number of aliphatic hydroxyl groups is 2. The first kappa shape index (κ1) is 12.4. The van der Waals surface area contributed by atoms with Crippen molar-refractivity contribution < 1.29 is 14.9 Å². The zero-order chi connectivity index (χ0) is 10.1. The summed E-state index contributed by atoms with van der Waals surface area (Å²) in [5, 5.41) is 17.3. The highest BCUT2D eigenvalue weighted by Gasteiger charge is 1.96. The molecule has 13 heavy (non-hydrogen) atoms. The van der Waals surface area contributed by atoms with Gasteiger partial charge in [0.25, 0.3) is 0 Å². The van der Waals surface area contributed by atoms with Crippen LogP contribution in [0.2, 0.25) is 0 Å². The molecule has 2 N–H and O–H groups in total. The van der Waals surface area contributed by atoms with Crippen molar-refractivity contribution in [3.8, 4) is 0 Å². The molecule has 0 radical (unpaired) electrons. The second kappa shape index (κ2) is 8.04. The van der Waals surface area contributed by atoms with Crippen molar-refractivity contribution in [2.45, 2.75) is 6.42 Å². The lowest BCUT2D eigenvalue weighted by Gasteiger charge is -2.14. The van der Waals surface area contributed by atoms with E-state index < -0.39 is 0 Å². The fourth-order valence-corrected chi connectivity index (χ4v) is 0.909. The molecule has 0 heterocycles. The predicted octanol–water partition coefficient (Wildman–Crippen LogP) is 0.389. The van der Waals surface area contributed by atoms with Crippen LogP contribution in [0.15, 0.2) is 12.3 Å². The van der Waals surface area contributed by atoms with Crippen molar-refractivity contribution in [1.82, 2.24) is 4.90 Å². The molecule has 4 nitrogen and oxygen atoms in total. The smallest absolute Gasteiger partial charge is 0.111 e. The Hall–Kier alpha value is -0.580. The predicted molar refractivity (Wildman–Crippen MR) is 51.8 cm³/mol. The summed E-state index contributed by atoms with van der Waals surface area (Å²) in [7, 11) is 1.95. The Morgan fingerprint density at radius 3 is 2.69 bits per heavy atom. The second-order valence-electron chi connectivity index (χ2n) is 3.00. The Morgan fingerprint density at radius 2 is 2.15 bits per heavy atom. The van der Waals surface area contributed by atoms with Crippen molar-refractivity contribution >= 4 is 0 Å². The molecule has 0 spiro atoms. The van der Waals surface area contributed by atoms with Gasteiger partial charge in [-0.25, -0.2) is 0 Å². The fourth-order valence-electron chi connectivity index (χ4n) is 0.909. The van der Waals surface area contributed by atoms with Crippen molar-refractivity contribution in [2.24, 2.45) is 0 Å². The van der Waals surface area contributed by atoms with Gasteiger partial charge in [-0.3, -0.25) is 0 Å². The summed E-state index contributed by atoms with van der Waals surface area (Å²) < 4.78 is 5.08. The van der Waals surface area contributed by atoms with E-state index in [4.69, 9.17) is 14.9 Å². The van der Waals surface area contributed by atoms with E-state index in [-0.39, 0.29) is 19.0 Å². The van der Waals surface area contributed by atoms with E-state index in [1.54, 1.807) is 0 Å².